The van der Waals surface area contributed by atoms with Crippen LogP contribution < -0.4 is 0 Å². The van der Waals surface area contributed by atoms with Crippen molar-refractivity contribution in [2.24, 2.45) is 11.8 Å². The molecule has 2 heterocycles. The number of hydrogen-bond donors (Lipinski definition) is 0. The van der Waals surface area contributed by atoms with Crippen molar-refractivity contribution in [3.63, 3.8) is 0 Å². The molecule has 22 heavy (non-hydrogen) atoms. The Labute approximate surface area is 134 Å². The van der Waals surface area contributed by atoms with Crippen LogP contribution in [0, 0.1) is 11.8 Å². The lowest BCUT2D eigenvalue weighted by molar-refractivity contribution is -0.142. The molecule has 0 saturated carbocycles. The first-order valence-corrected chi connectivity index (χ1v) is 8.35. The average Bonchev–Trinajstić information content (AvgIpc) is 3.07. The summed E-state index contributed by atoms with van der Waals surface area (Å²) >= 11 is 1.77. The fraction of sp³-hybridized carbons (Fsp3) is 0.500. The van der Waals surface area contributed by atoms with E-state index in [1.165, 1.54) is 12.0 Å². The minimum absolute atomic E-state index is 0.00738. The van der Waals surface area contributed by atoms with Crippen molar-refractivity contribution < 1.29 is 19.1 Å². The monoisotopic (exact) mass is 321 g/mol. The Morgan fingerprint density at radius 1 is 1.41 bits per heavy atom. The predicted molar refractivity (Wildman–Crippen MR) is 82.6 cm³/mol. The first-order valence-electron chi connectivity index (χ1n) is 7.37. The lowest BCUT2D eigenvalue weighted by Gasteiger charge is -2.20. The van der Waals surface area contributed by atoms with Crippen LogP contribution >= 0.6 is 11.8 Å². The molecule has 0 aromatic heterocycles. The van der Waals surface area contributed by atoms with Gasteiger partial charge in [-0.1, -0.05) is 18.2 Å². The van der Waals surface area contributed by atoms with E-state index >= 15 is 0 Å². The van der Waals surface area contributed by atoms with Crippen LogP contribution in [-0.2, 0) is 14.3 Å². The van der Waals surface area contributed by atoms with E-state index in [9.17, 15) is 9.59 Å². The molecular formula is C16H19NO4S. The number of benzene rings is 1. The highest BCUT2D eigenvalue weighted by Gasteiger charge is 2.49. The van der Waals surface area contributed by atoms with Crippen LogP contribution in [0.3, 0.4) is 0 Å². The third kappa shape index (κ3) is 3.06. The summed E-state index contributed by atoms with van der Waals surface area (Å²) in [6.45, 7) is 1.04. The topological polar surface area (TPSA) is 55.8 Å². The number of carbonyl (C=O) groups is 2. The van der Waals surface area contributed by atoms with Gasteiger partial charge >= 0.3 is 12.1 Å². The molecule has 3 atom stereocenters. The van der Waals surface area contributed by atoms with Gasteiger partial charge < -0.3 is 14.4 Å². The summed E-state index contributed by atoms with van der Waals surface area (Å²) < 4.78 is 9.91. The maximum Gasteiger partial charge on any atom is 0.410 e. The first kappa shape index (κ1) is 15.2. The maximum atomic E-state index is 11.8. The SMILES string of the molecule is COC(=O)C[C@@H]1[C@@H](CSc2ccccc2)CN2C(=O)OC[C@@H]12. The van der Waals surface area contributed by atoms with E-state index in [0.717, 1.165) is 5.75 Å². The van der Waals surface area contributed by atoms with Crippen molar-refractivity contribution in [2.45, 2.75) is 17.4 Å². The molecule has 2 aliphatic heterocycles. The normalized spacial score (nSPS) is 26.7. The van der Waals surface area contributed by atoms with Gasteiger partial charge in [0.15, 0.2) is 0 Å². The van der Waals surface area contributed by atoms with Crippen LogP contribution in [0.5, 0.6) is 0 Å². The molecule has 5 nitrogen and oxygen atoms in total. The average molecular weight is 321 g/mol. The Hall–Kier alpha value is -1.69. The molecule has 2 fully saturated rings. The standard InChI is InChI=1S/C16H19NO4S/c1-20-15(18)7-13-11(8-17-14(13)9-21-16(17)19)10-22-12-5-3-2-4-6-12/h2-6,11,13-14H,7-10H2,1H3/t11-,13-,14+/m1/s1. The number of hydrogen-bond acceptors (Lipinski definition) is 5. The molecule has 1 aromatic rings. The summed E-state index contributed by atoms with van der Waals surface area (Å²) in [6, 6.07) is 10.2. The number of ether oxygens (including phenoxy) is 2. The van der Waals surface area contributed by atoms with Crippen molar-refractivity contribution in [1.82, 2.24) is 4.90 Å². The summed E-state index contributed by atoms with van der Waals surface area (Å²) in [4.78, 5) is 26.4. The van der Waals surface area contributed by atoms with E-state index < -0.39 is 0 Å². The predicted octanol–water partition coefficient (Wildman–Crippen LogP) is 2.41. The third-order valence-electron chi connectivity index (χ3n) is 4.38. The Balaban J connectivity index is 1.68. The van der Waals surface area contributed by atoms with Gasteiger partial charge in [0.1, 0.15) is 6.61 Å². The van der Waals surface area contributed by atoms with E-state index in [0.29, 0.717) is 19.6 Å². The molecule has 0 aliphatic carbocycles. The molecular weight excluding hydrogens is 302 g/mol. The van der Waals surface area contributed by atoms with E-state index in [2.05, 4.69) is 12.1 Å². The van der Waals surface area contributed by atoms with Crippen molar-refractivity contribution in [3.05, 3.63) is 30.3 Å². The third-order valence-corrected chi connectivity index (χ3v) is 5.58. The Morgan fingerprint density at radius 2 is 2.18 bits per heavy atom. The number of thioether (sulfide) groups is 1. The van der Waals surface area contributed by atoms with Crippen LogP contribution in [0.15, 0.2) is 35.2 Å². The fourth-order valence-electron chi connectivity index (χ4n) is 3.21. The highest BCUT2D eigenvalue weighted by atomic mass is 32.2. The summed E-state index contributed by atoms with van der Waals surface area (Å²) in [5.41, 5.74) is 0. The van der Waals surface area contributed by atoms with Crippen molar-refractivity contribution in [3.8, 4) is 0 Å². The van der Waals surface area contributed by atoms with Gasteiger partial charge in [0.2, 0.25) is 0 Å². The second-order valence-electron chi connectivity index (χ2n) is 5.62. The van der Waals surface area contributed by atoms with Gasteiger partial charge in [-0.25, -0.2) is 4.79 Å². The number of fused-ring (bicyclic) bond motifs is 1. The van der Waals surface area contributed by atoms with Crippen LogP contribution in [0.1, 0.15) is 6.42 Å². The Kier molecular flexibility index (Phi) is 4.57. The molecule has 2 saturated heterocycles. The van der Waals surface area contributed by atoms with Crippen LogP contribution in [0.4, 0.5) is 4.79 Å². The van der Waals surface area contributed by atoms with Crippen LogP contribution in [-0.4, -0.2) is 49.0 Å². The van der Waals surface area contributed by atoms with E-state index in [1.807, 2.05) is 18.2 Å². The van der Waals surface area contributed by atoms with Crippen LogP contribution in [0.2, 0.25) is 0 Å². The molecule has 2 aliphatic rings. The highest BCUT2D eigenvalue weighted by molar-refractivity contribution is 7.99. The van der Waals surface area contributed by atoms with Gasteiger partial charge in [0, 0.05) is 17.2 Å². The quantitative estimate of drug-likeness (QED) is 0.616. The molecule has 1 aromatic carbocycles. The Morgan fingerprint density at radius 3 is 2.91 bits per heavy atom. The van der Waals surface area contributed by atoms with Gasteiger partial charge in [-0.15, -0.1) is 11.8 Å². The minimum Gasteiger partial charge on any atom is -0.469 e. The number of rotatable bonds is 5. The molecule has 0 bridgehead atoms. The van der Waals surface area contributed by atoms with Crippen molar-refractivity contribution in [2.75, 3.05) is 26.0 Å². The fourth-order valence-corrected chi connectivity index (χ4v) is 4.32. The number of esters is 1. The first-order chi connectivity index (χ1) is 10.7. The number of amides is 1. The second-order valence-corrected chi connectivity index (χ2v) is 6.72. The van der Waals surface area contributed by atoms with Crippen molar-refractivity contribution in [1.29, 1.82) is 0 Å². The van der Waals surface area contributed by atoms with Gasteiger partial charge in [-0.05, 0) is 24.0 Å². The lowest BCUT2D eigenvalue weighted by Crippen LogP contribution is -2.31. The molecule has 1 amide bonds. The molecule has 0 N–H and O–H groups in total. The molecule has 0 spiro atoms. The van der Waals surface area contributed by atoms with E-state index in [4.69, 9.17) is 9.47 Å². The van der Waals surface area contributed by atoms with E-state index in [-0.39, 0.29) is 29.9 Å². The summed E-state index contributed by atoms with van der Waals surface area (Å²) in [5.74, 6) is 1.05. The molecule has 118 valence electrons. The van der Waals surface area contributed by atoms with Gasteiger partial charge in [-0.2, -0.15) is 0 Å². The van der Waals surface area contributed by atoms with Crippen LogP contribution in [0.25, 0.3) is 0 Å². The van der Waals surface area contributed by atoms with Gasteiger partial charge in [-0.3, -0.25) is 4.79 Å². The van der Waals surface area contributed by atoms with Gasteiger partial charge in [0.25, 0.3) is 0 Å². The largest absolute Gasteiger partial charge is 0.469 e. The zero-order valence-electron chi connectivity index (χ0n) is 12.4. The highest BCUT2D eigenvalue weighted by Crippen LogP contribution is 2.39. The lowest BCUT2D eigenvalue weighted by atomic mass is 9.89. The summed E-state index contributed by atoms with van der Waals surface area (Å²) in [6.07, 6.45) is 0.0843. The smallest absolute Gasteiger partial charge is 0.410 e. The maximum absolute atomic E-state index is 11.8. The molecule has 0 radical (unpaired) electrons. The molecule has 6 heteroatoms. The zero-order valence-corrected chi connectivity index (χ0v) is 13.3. The van der Waals surface area contributed by atoms with Crippen molar-refractivity contribution >= 4 is 23.8 Å². The zero-order chi connectivity index (χ0) is 15.5. The minimum atomic E-state index is -0.257. The Bertz CT molecular complexity index is 550. The summed E-state index contributed by atoms with van der Waals surface area (Å²) in [7, 11) is 1.40. The van der Waals surface area contributed by atoms with Gasteiger partial charge in [0.05, 0.1) is 19.6 Å². The number of cyclic esters (lactones) is 1. The van der Waals surface area contributed by atoms with E-state index in [1.54, 1.807) is 16.7 Å². The molecule has 3 rings (SSSR count). The number of carbonyl (C=O) groups excluding carboxylic acids is 2. The number of nitrogens with zero attached hydrogens (tertiary/aromatic N) is 1. The second kappa shape index (κ2) is 6.60. The molecule has 0 unspecified atom stereocenters. The summed E-state index contributed by atoms with van der Waals surface area (Å²) in [5, 5.41) is 0. The number of methoxy groups -OCH3 is 1.